The van der Waals surface area contributed by atoms with Crippen LogP contribution >= 0.6 is 0 Å². The SMILES string of the molecule is CCOc1ccc(OCC(=O)Nc2ccc3c(c2)CCCN3S(=O)(=O)CC)cc1. The standard InChI is InChI=1S/C21H26N2O5S/c1-3-27-18-8-10-19(11-9-18)28-15-21(24)22-17-7-12-20-16(14-17)6-5-13-23(20)29(25,26)4-2/h7-12,14H,3-6,13,15H2,1-2H3,(H,22,24). The van der Waals surface area contributed by atoms with E-state index >= 15 is 0 Å². The first-order valence-electron chi connectivity index (χ1n) is 9.71. The lowest BCUT2D eigenvalue weighted by molar-refractivity contribution is -0.118. The number of anilines is 2. The minimum absolute atomic E-state index is 0.0633. The van der Waals surface area contributed by atoms with Gasteiger partial charge in [0.25, 0.3) is 5.91 Å². The summed E-state index contributed by atoms with van der Waals surface area (Å²) in [5, 5.41) is 2.80. The van der Waals surface area contributed by atoms with E-state index in [0.29, 0.717) is 30.3 Å². The summed E-state index contributed by atoms with van der Waals surface area (Å²) in [4.78, 5) is 12.2. The van der Waals surface area contributed by atoms with Gasteiger partial charge in [-0.05, 0) is 74.7 Å². The van der Waals surface area contributed by atoms with Gasteiger partial charge in [0, 0.05) is 12.2 Å². The maximum Gasteiger partial charge on any atom is 0.262 e. The van der Waals surface area contributed by atoms with Crippen molar-refractivity contribution < 1.29 is 22.7 Å². The van der Waals surface area contributed by atoms with Gasteiger partial charge in [-0.3, -0.25) is 9.10 Å². The minimum Gasteiger partial charge on any atom is -0.494 e. The molecule has 0 saturated heterocycles. The third-order valence-corrected chi connectivity index (χ3v) is 6.42. The van der Waals surface area contributed by atoms with Crippen molar-refractivity contribution in [3.63, 3.8) is 0 Å². The first kappa shape index (κ1) is 21.0. The van der Waals surface area contributed by atoms with Gasteiger partial charge >= 0.3 is 0 Å². The molecule has 1 aliphatic rings. The van der Waals surface area contributed by atoms with Crippen molar-refractivity contribution in [2.75, 3.05) is 35.1 Å². The Morgan fingerprint density at radius 2 is 1.76 bits per heavy atom. The molecule has 8 heteroatoms. The van der Waals surface area contributed by atoms with Crippen LogP contribution in [0, 0.1) is 0 Å². The number of rotatable bonds is 8. The molecule has 0 unspecified atom stereocenters. The Bertz CT molecular complexity index is 958. The highest BCUT2D eigenvalue weighted by Gasteiger charge is 2.26. The van der Waals surface area contributed by atoms with E-state index in [1.807, 2.05) is 13.0 Å². The van der Waals surface area contributed by atoms with Gasteiger partial charge < -0.3 is 14.8 Å². The van der Waals surface area contributed by atoms with Crippen LogP contribution in [-0.4, -0.2) is 39.8 Å². The Morgan fingerprint density at radius 3 is 2.41 bits per heavy atom. The van der Waals surface area contributed by atoms with E-state index in [0.717, 1.165) is 24.2 Å². The number of hydrogen-bond donors (Lipinski definition) is 1. The van der Waals surface area contributed by atoms with Crippen LogP contribution in [0.15, 0.2) is 42.5 Å². The van der Waals surface area contributed by atoms with Gasteiger partial charge in [-0.2, -0.15) is 0 Å². The zero-order valence-corrected chi connectivity index (χ0v) is 17.5. The molecule has 0 radical (unpaired) electrons. The fourth-order valence-electron chi connectivity index (χ4n) is 3.23. The van der Waals surface area contributed by atoms with Crippen LogP contribution in [0.1, 0.15) is 25.8 Å². The lowest BCUT2D eigenvalue weighted by atomic mass is 10.0. The number of nitrogens with one attached hydrogen (secondary N) is 1. The molecule has 2 aromatic rings. The number of ether oxygens (including phenoxy) is 2. The Kier molecular flexibility index (Phi) is 6.64. The van der Waals surface area contributed by atoms with Crippen molar-refractivity contribution in [2.45, 2.75) is 26.7 Å². The molecule has 0 aromatic heterocycles. The molecule has 0 saturated carbocycles. The van der Waals surface area contributed by atoms with Crippen LogP contribution < -0.4 is 19.1 Å². The fourth-order valence-corrected chi connectivity index (χ4v) is 4.43. The molecule has 7 nitrogen and oxygen atoms in total. The minimum atomic E-state index is -3.30. The predicted octanol–water partition coefficient (Wildman–Crippen LogP) is 3.21. The highest BCUT2D eigenvalue weighted by Crippen LogP contribution is 2.31. The molecule has 0 fully saturated rings. The smallest absolute Gasteiger partial charge is 0.262 e. The lowest BCUT2D eigenvalue weighted by Gasteiger charge is -2.30. The van der Waals surface area contributed by atoms with Gasteiger partial charge in [-0.25, -0.2) is 8.42 Å². The van der Waals surface area contributed by atoms with Crippen LogP contribution in [0.3, 0.4) is 0 Å². The molecule has 0 atom stereocenters. The Hall–Kier alpha value is -2.74. The van der Waals surface area contributed by atoms with Crippen molar-refractivity contribution in [3.8, 4) is 11.5 Å². The molecule has 0 spiro atoms. The summed E-state index contributed by atoms with van der Waals surface area (Å²) in [5.74, 6) is 1.10. The second-order valence-electron chi connectivity index (χ2n) is 6.66. The van der Waals surface area contributed by atoms with E-state index in [2.05, 4.69) is 5.32 Å². The molecule has 0 aliphatic carbocycles. The van der Waals surface area contributed by atoms with Crippen LogP contribution in [0.2, 0.25) is 0 Å². The average Bonchev–Trinajstić information content (AvgIpc) is 2.73. The van der Waals surface area contributed by atoms with E-state index in [-0.39, 0.29) is 18.3 Å². The molecular weight excluding hydrogens is 392 g/mol. The summed E-state index contributed by atoms with van der Waals surface area (Å²) in [6.45, 7) is 4.51. The third kappa shape index (κ3) is 5.20. The fraction of sp³-hybridized carbons (Fsp3) is 0.381. The van der Waals surface area contributed by atoms with Gasteiger partial charge in [0.1, 0.15) is 11.5 Å². The van der Waals surface area contributed by atoms with Crippen LogP contribution in [0.25, 0.3) is 0 Å². The molecule has 1 amide bonds. The number of carbonyl (C=O) groups excluding carboxylic acids is 1. The number of carbonyl (C=O) groups is 1. The van der Waals surface area contributed by atoms with Gasteiger partial charge in [-0.15, -0.1) is 0 Å². The summed E-state index contributed by atoms with van der Waals surface area (Å²) < 4.78 is 36.9. The number of hydrogen-bond acceptors (Lipinski definition) is 5. The van der Waals surface area contributed by atoms with Crippen molar-refractivity contribution in [1.29, 1.82) is 0 Å². The van der Waals surface area contributed by atoms with E-state index < -0.39 is 10.0 Å². The second-order valence-corrected chi connectivity index (χ2v) is 8.84. The summed E-state index contributed by atoms with van der Waals surface area (Å²) in [5.41, 5.74) is 2.24. The van der Waals surface area contributed by atoms with E-state index in [1.54, 1.807) is 43.3 Å². The Balaban J connectivity index is 1.61. The monoisotopic (exact) mass is 418 g/mol. The summed E-state index contributed by atoms with van der Waals surface area (Å²) in [6, 6.07) is 12.4. The molecular formula is C21H26N2O5S. The van der Waals surface area contributed by atoms with Crippen LogP contribution in [0.5, 0.6) is 11.5 Å². The predicted molar refractivity (Wildman–Crippen MR) is 113 cm³/mol. The molecule has 156 valence electrons. The largest absolute Gasteiger partial charge is 0.494 e. The van der Waals surface area contributed by atoms with Gasteiger partial charge in [0.05, 0.1) is 18.0 Å². The number of amides is 1. The number of nitrogens with zero attached hydrogens (tertiary/aromatic N) is 1. The molecule has 1 heterocycles. The second kappa shape index (κ2) is 9.17. The van der Waals surface area contributed by atoms with Crippen molar-refractivity contribution >= 4 is 27.3 Å². The first-order chi connectivity index (χ1) is 13.9. The Labute approximate surface area is 171 Å². The zero-order chi connectivity index (χ0) is 20.9. The van der Waals surface area contributed by atoms with E-state index in [4.69, 9.17) is 9.47 Å². The van der Waals surface area contributed by atoms with Gasteiger partial charge in [0.2, 0.25) is 10.0 Å². The molecule has 1 aliphatic heterocycles. The summed E-state index contributed by atoms with van der Waals surface area (Å²) in [6.07, 6.45) is 1.53. The topological polar surface area (TPSA) is 84.9 Å². The lowest BCUT2D eigenvalue weighted by Crippen LogP contribution is -2.36. The van der Waals surface area contributed by atoms with Crippen molar-refractivity contribution in [3.05, 3.63) is 48.0 Å². The average molecular weight is 419 g/mol. The number of benzene rings is 2. The number of aryl methyl sites for hydroxylation is 1. The molecule has 3 rings (SSSR count). The third-order valence-electron chi connectivity index (χ3n) is 4.64. The summed E-state index contributed by atoms with van der Waals surface area (Å²) in [7, 11) is -3.30. The van der Waals surface area contributed by atoms with E-state index in [9.17, 15) is 13.2 Å². The highest BCUT2D eigenvalue weighted by molar-refractivity contribution is 7.92. The van der Waals surface area contributed by atoms with Crippen LogP contribution in [-0.2, 0) is 21.2 Å². The maximum atomic E-state index is 12.3. The molecule has 0 bridgehead atoms. The quantitative estimate of drug-likeness (QED) is 0.712. The highest BCUT2D eigenvalue weighted by atomic mass is 32.2. The Morgan fingerprint density at radius 1 is 1.07 bits per heavy atom. The van der Waals surface area contributed by atoms with Crippen LogP contribution in [0.4, 0.5) is 11.4 Å². The van der Waals surface area contributed by atoms with Gasteiger partial charge in [-0.1, -0.05) is 0 Å². The number of fused-ring (bicyclic) bond motifs is 1. The molecule has 1 N–H and O–H groups in total. The zero-order valence-electron chi connectivity index (χ0n) is 16.7. The number of sulfonamides is 1. The first-order valence-corrected chi connectivity index (χ1v) is 11.3. The van der Waals surface area contributed by atoms with E-state index in [1.165, 1.54) is 4.31 Å². The normalized spacial score (nSPS) is 13.5. The molecule has 2 aromatic carbocycles. The van der Waals surface area contributed by atoms with Crippen molar-refractivity contribution in [2.24, 2.45) is 0 Å². The summed E-state index contributed by atoms with van der Waals surface area (Å²) >= 11 is 0. The van der Waals surface area contributed by atoms with Crippen molar-refractivity contribution in [1.82, 2.24) is 0 Å². The molecule has 29 heavy (non-hydrogen) atoms. The maximum absolute atomic E-state index is 12.3. The van der Waals surface area contributed by atoms with Gasteiger partial charge in [0.15, 0.2) is 6.61 Å².